The van der Waals surface area contributed by atoms with Gasteiger partial charge in [-0.3, -0.25) is 0 Å². The molecule has 20 heavy (non-hydrogen) atoms. The summed E-state index contributed by atoms with van der Waals surface area (Å²) in [6, 6.07) is 4.81. The van der Waals surface area contributed by atoms with Gasteiger partial charge in [-0.2, -0.15) is 0 Å². The van der Waals surface area contributed by atoms with Crippen molar-refractivity contribution in [1.29, 1.82) is 0 Å². The molecule has 0 aromatic heterocycles. The van der Waals surface area contributed by atoms with Crippen molar-refractivity contribution in [2.24, 2.45) is 5.73 Å². The summed E-state index contributed by atoms with van der Waals surface area (Å²) in [4.78, 5) is 0. The molecule has 0 unspecified atom stereocenters. The quantitative estimate of drug-likeness (QED) is 0.877. The van der Waals surface area contributed by atoms with Gasteiger partial charge in [0, 0.05) is 18.6 Å². The van der Waals surface area contributed by atoms with Gasteiger partial charge in [-0.25, -0.2) is 0 Å². The van der Waals surface area contributed by atoms with Crippen LogP contribution in [0.4, 0.5) is 0 Å². The van der Waals surface area contributed by atoms with Crippen LogP contribution >= 0.6 is 11.6 Å². The second kappa shape index (κ2) is 7.16. The zero-order chi connectivity index (χ0) is 14.5. The molecule has 112 valence electrons. The van der Waals surface area contributed by atoms with Crippen LogP contribution in [-0.4, -0.2) is 26.3 Å². The van der Waals surface area contributed by atoms with Crippen LogP contribution in [0.2, 0.25) is 5.02 Å². The first-order valence-corrected chi connectivity index (χ1v) is 7.41. The molecular weight excluding hydrogens is 276 g/mol. The summed E-state index contributed by atoms with van der Waals surface area (Å²) in [5, 5.41) is 4.14. The molecule has 4 nitrogen and oxygen atoms in total. The normalized spacial score (nSPS) is 22.6. The third-order valence-corrected chi connectivity index (χ3v) is 4.14. The number of hydrogen-bond acceptors (Lipinski definition) is 4. The lowest BCUT2D eigenvalue weighted by Gasteiger charge is -2.27. The lowest BCUT2D eigenvalue weighted by atomic mass is 9.92. The number of ether oxygens (including phenoxy) is 2. The van der Waals surface area contributed by atoms with E-state index in [-0.39, 0.29) is 0 Å². The number of methoxy groups -OCH3 is 2. The molecule has 1 aliphatic rings. The van der Waals surface area contributed by atoms with E-state index in [1.54, 1.807) is 14.2 Å². The van der Waals surface area contributed by atoms with E-state index in [4.69, 9.17) is 26.8 Å². The van der Waals surface area contributed by atoms with Crippen molar-refractivity contribution in [2.75, 3.05) is 14.2 Å². The predicted molar refractivity (Wildman–Crippen MR) is 81.6 cm³/mol. The van der Waals surface area contributed by atoms with Gasteiger partial charge in [0.05, 0.1) is 19.2 Å². The highest BCUT2D eigenvalue weighted by molar-refractivity contribution is 6.32. The number of nitrogens with two attached hydrogens (primary N) is 1. The van der Waals surface area contributed by atoms with Crippen LogP contribution in [0.25, 0.3) is 0 Å². The van der Waals surface area contributed by atoms with E-state index in [0.29, 0.717) is 28.6 Å². The number of halogens is 1. The Hall–Kier alpha value is -0.970. The van der Waals surface area contributed by atoms with Crippen LogP contribution in [0, 0.1) is 0 Å². The Morgan fingerprint density at radius 3 is 2.50 bits per heavy atom. The molecule has 0 saturated heterocycles. The molecule has 0 atom stereocenters. The average Bonchev–Trinajstić information content (AvgIpc) is 2.46. The van der Waals surface area contributed by atoms with Crippen LogP contribution in [0.1, 0.15) is 31.2 Å². The highest BCUT2D eigenvalue weighted by Gasteiger charge is 2.18. The largest absolute Gasteiger partial charge is 0.493 e. The fourth-order valence-corrected chi connectivity index (χ4v) is 2.97. The zero-order valence-electron chi connectivity index (χ0n) is 12.1. The SMILES string of the molecule is COc1cc(CNC2CCC(N)CC2)cc(Cl)c1OC. The molecule has 0 heterocycles. The Kier molecular flexibility index (Phi) is 5.52. The summed E-state index contributed by atoms with van der Waals surface area (Å²) in [5.74, 6) is 1.25. The van der Waals surface area contributed by atoms with Gasteiger partial charge >= 0.3 is 0 Å². The van der Waals surface area contributed by atoms with Crippen molar-refractivity contribution in [3.63, 3.8) is 0 Å². The Balaban J connectivity index is 1.97. The third kappa shape index (κ3) is 3.78. The molecule has 1 aromatic rings. The van der Waals surface area contributed by atoms with Gasteiger partial charge in [-0.15, -0.1) is 0 Å². The third-order valence-electron chi connectivity index (χ3n) is 3.86. The number of rotatable bonds is 5. The standard InChI is InChI=1S/C15H23ClN2O2/c1-19-14-8-10(7-13(16)15(14)20-2)9-18-12-5-3-11(17)4-6-12/h7-8,11-12,18H,3-6,9,17H2,1-2H3. The minimum absolute atomic E-state index is 0.378. The highest BCUT2D eigenvalue weighted by Crippen LogP contribution is 2.36. The number of benzene rings is 1. The van der Waals surface area contributed by atoms with Gasteiger partial charge in [-0.05, 0) is 43.4 Å². The molecule has 3 N–H and O–H groups in total. The van der Waals surface area contributed by atoms with Crippen molar-refractivity contribution >= 4 is 11.6 Å². The molecule has 1 aliphatic carbocycles. The summed E-state index contributed by atoms with van der Waals surface area (Å²) in [7, 11) is 3.21. The van der Waals surface area contributed by atoms with Gasteiger partial charge < -0.3 is 20.5 Å². The Morgan fingerprint density at radius 2 is 1.90 bits per heavy atom. The van der Waals surface area contributed by atoms with Gasteiger partial charge in [0.1, 0.15) is 0 Å². The second-order valence-electron chi connectivity index (χ2n) is 5.31. The Labute approximate surface area is 125 Å². The van der Waals surface area contributed by atoms with Gasteiger partial charge in [-0.1, -0.05) is 11.6 Å². The molecule has 2 rings (SSSR count). The molecule has 1 fully saturated rings. The molecule has 1 aromatic carbocycles. The Bertz CT molecular complexity index is 446. The Morgan fingerprint density at radius 1 is 1.20 bits per heavy atom. The van der Waals surface area contributed by atoms with E-state index >= 15 is 0 Å². The summed E-state index contributed by atoms with van der Waals surface area (Å²) in [5.41, 5.74) is 7.02. The summed E-state index contributed by atoms with van der Waals surface area (Å²) < 4.78 is 10.5. The summed E-state index contributed by atoms with van der Waals surface area (Å²) in [6.07, 6.45) is 4.49. The van der Waals surface area contributed by atoms with Gasteiger partial charge in [0.15, 0.2) is 11.5 Å². The monoisotopic (exact) mass is 298 g/mol. The van der Waals surface area contributed by atoms with E-state index in [1.807, 2.05) is 12.1 Å². The van der Waals surface area contributed by atoms with E-state index in [2.05, 4.69) is 5.32 Å². The van der Waals surface area contributed by atoms with E-state index < -0.39 is 0 Å². The fourth-order valence-electron chi connectivity index (χ4n) is 2.66. The van der Waals surface area contributed by atoms with Crippen LogP contribution in [-0.2, 0) is 6.54 Å². The minimum atomic E-state index is 0.378. The predicted octanol–water partition coefficient (Wildman–Crippen LogP) is 2.72. The lowest BCUT2D eigenvalue weighted by Crippen LogP contribution is -2.37. The molecular formula is C15H23ClN2O2. The maximum atomic E-state index is 6.20. The lowest BCUT2D eigenvalue weighted by molar-refractivity contribution is 0.340. The van der Waals surface area contributed by atoms with Crippen molar-refractivity contribution < 1.29 is 9.47 Å². The number of nitrogens with one attached hydrogen (secondary N) is 1. The van der Waals surface area contributed by atoms with Crippen LogP contribution in [0.15, 0.2) is 12.1 Å². The van der Waals surface area contributed by atoms with Crippen molar-refractivity contribution in [1.82, 2.24) is 5.32 Å². The molecule has 0 amide bonds. The topological polar surface area (TPSA) is 56.5 Å². The van der Waals surface area contributed by atoms with Crippen LogP contribution < -0.4 is 20.5 Å². The summed E-state index contributed by atoms with van der Waals surface area (Å²) >= 11 is 6.20. The number of hydrogen-bond donors (Lipinski definition) is 2. The van der Waals surface area contributed by atoms with Crippen molar-refractivity contribution in [2.45, 2.75) is 44.3 Å². The zero-order valence-corrected chi connectivity index (χ0v) is 12.9. The molecule has 0 radical (unpaired) electrons. The molecule has 5 heteroatoms. The van der Waals surface area contributed by atoms with Crippen LogP contribution in [0.3, 0.4) is 0 Å². The second-order valence-corrected chi connectivity index (χ2v) is 5.71. The van der Waals surface area contributed by atoms with E-state index in [0.717, 1.165) is 37.8 Å². The van der Waals surface area contributed by atoms with Gasteiger partial charge in [0.25, 0.3) is 0 Å². The maximum absolute atomic E-state index is 6.20. The smallest absolute Gasteiger partial charge is 0.179 e. The van der Waals surface area contributed by atoms with E-state index in [9.17, 15) is 0 Å². The highest BCUT2D eigenvalue weighted by atomic mass is 35.5. The minimum Gasteiger partial charge on any atom is -0.493 e. The molecule has 0 aliphatic heterocycles. The first-order valence-electron chi connectivity index (χ1n) is 7.03. The van der Waals surface area contributed by atoms with Crippen molar-refractivity contribution in [3.05, 3.63) is 22.7 Å². The molecule has 1 saturated carbocycles. The maximum Gasteiger partial charge on any atom is 0.179 e. The average molecular weight is 299 g/mol. The fraction of sp³-hybridized carbons (Fsp3) is 0.600. The molecule has 0 spiro atoms. The van der Waals surface area contributed by atoms with Crippen LogP contribution in [0.5, 0.6) is 11.5 Å². The van der Waals surface area contributed by atoms with E-state index in [1.165, 1.54) is 0 Å². The molecule has 0 bridgehead atoms. The first kappa shape index (κ1) is 15.4. The summed E-state index contributed by atoms with van der Waals surface area (Å²) in [6.45, 7) is 0.778. The van der Waals surface area contributed by atoms with Crippen molar-refractivity contribution in [3.8, 4) is 11.5 Å². The first-order chi connectivity index (χ1) is 9.63. The van der Waals surface area contributed by atoms with Gasteiger partial charge in [0.2, 0.25) is 0 Å².